The van der Waals surface area contributed by atoms with E-state index in [9.17, 15) is 9.90 Å². The van der Waals surface area contributed by atoms with Crippen LogP contribution in [0.1, 0.15) is 40.7 Å². The number of carboxylic acids is 1. The van der Waals surface area contributed by atoms with E-state index in [1.54, 1.807) is 7.11 Å². The van der Waals surface area contributed by atoms with Gasteiger partial charge in [-0.05, 0) is 37.5 Å². The van der Waals surface area contributed by atoms with Crippen LogP contribution in [-0.2, 0) is 4.74 Å². The van der Waals surface area contributed by atoms with Crippen LogP contribution < -0.4 is 4.74 Å². The van der Waals surface area contributed by atoms with Crippen LogP contribution in [0.3, 0.4) is 0 Å². The topological polar surface area (TPSA) is 86.5 Å². The lowest BCUT2D eigenvalue weighted by molar-refractivity contribution is 0.0673. The average molecular weight is 303 g/mol. The summed E-state index contributed by atoms with van der Waals surface area (Å²) in [4.78, 5) is 11.4. The fraction of sp³-hybridized carbons (Fsp3) is 0.400. The van der Waals surface area contributed by atoms with Crippen molar-refractivity contribution in [3.05, 3.63) is 35.2 Å². The molecule has 3 rings (SSSR count). The lowest BCUT2D eigenvalue weighted by Gasteiger charge is -2.15. The minimum absolute atomic E-state index is 0.0736. The molecule has 0 amide bonds. The Balaban J connectivity index is 2.19. The second-order valence-electron chi connectivity index (χ2n) is 5.22. The average Bonchev–Trinajstić information content (AvgIpc) is 3.15. The number of nitrogens with zero attached hydrogens (tertiary/aromatic N) is 3. The Morgan fingerprint density at radius 1 is 1.50 bits per heavy atom. The normalized spacial score (nSPS) is 17.6. The number of rotatable bonds is 4. The second-order valence-corrected chi connectivity index (χ2v) is 5.22. The van der Waals surface area contributed by atoms with Crippen LogP contribution in [0.5, 0.6) is 5.75 Å². The third-order valence-corrected chi connectivity index (χ3v) is 3.70. The summed E-state index contributed by atoms with van der Waals surface area (Å²) < 4.78 is 12.5. The van der Waals surface area contributed by atoms with Gasteiger partial charge in [-0.1, -0.05) is 11.3 Å². The van der Waals surface area contributed by atoms with Crippen molar-refractivity contribution in [1.29, 1.82) is 0 Å². The van der Waals surface area contributed by atoms with Crippen molar-refractivity contribution in [3.8, 4) is 11.4 Å². The minimum Gasteiger partial charge on any atom is -0.494 e. The summed E-state index contributed by atoms with van der Waals surface area (Å²) in [7, 11) is 1.56. The van der Waals surface area contributed by atoms with E-state index in [1.165, 1.54) is 4.68 Å². The molecule has 1 fully saturated rings. The Labute approximate surface area is 127 Å². The van der Waals surface area contributed by atoms with E-state index in [4.69, 9.17) is 9.47 Å². The Morgan fingerprint density at radius 2 is 2.32 bits per heavy atom. The van der Waals surface area contributed by atoms with Gasteiger partial charge >= 0.3 is 5.97 Å². The van der Waals surface area contributed by atoms with Gasteiger partial charge in [-0.2, -0.15) is 0 Å². The van der Waals surface area contributed by atoms with Gasteiger partial charge < -0.3 is 14.6 Å². The third kappa shape index (κ3) is 2.43. The molecule has 116 valence electrons. The number of carboxylic acid groups (broad SMARTS) is 1. The number of hydrogen-bond donors (Lipinski definition) is 1. The molecule has 7 nitrogen and oxygen atoms in total. The van der Waals surface area contributed by atoms with Gasteiger partial charge in [0.05, 0.1) is 7.11 Å². The number of ether oxygens (including phenoxy) is 2. The molecule has 1 aromatic heterocycles. The summed E-state index contributed by atoms with van der Waals surface area (Å²) in [5, 5.41) is 17.2. The Morgan fingerprint density at radius 3 is 2.95 bits per heavy atom. The van der Waals surface area contributed by atoms with Gasteiger partial charge in [-0.3, -0.25) is 0 Å². The first-order chi connectivity index (χ1) is 10.6. The Bertz CT molecular complexity index is 705. The summed E-state index contributed by atoms with van der Waals surface area (Å²) in [6.07, 6.45) is 1.33. The molecule has 1 aromatic carbocycles. The predicted molar refractivity (Wildman–Crippen MR) is 77.5 cm³/mol. The molecule has 0 aliphatic carbocycles. The monoisotopic (exact) mass is 303 g/mol. The number of aromatic carboxylic acids is 1. The van der Waals surface area contributed by atoms with E-state index >= 15 is 0 Å². The van der Waals surface area contributed by atoms with Gasteiger partial charge in [0.1, 0.15) is 23.2 Å². The summed E-state index contributed by atoms with van der Waals surface area (Å²) in [6.45, 7) is 2.56. The van der Waals surface area contributed by atoms with Crippen LogP contribution >= 0.6 is 0 Å². The van der Waals surface area contributed by atoms with Crippen LogP contribution in [0.25, 0.3) is 5.69 Å². The van der Waals surface area contributed by atoms with Crippen molar-refractivity contribution in [2.45, 2.75) is 25.9 Å². The molecule has 0 spiro atoms. The standard InChI is InChI=1S/C15H17N3O4/c1-9-5-6-11(21-2)10(8-9)18-14(12-4-3-7-22-12)13(15(19)20)16-17-18/h5-6,8,12H,3-4,7H2,1-2H3,(H,19,20). The van der Waals surface area contributed by atoms with E-state index in [2.05, 4.69) is 10.3 Å². The molecular formula is C15H17N3O4. The molecule has 0 saturated carbocycles. The number of aryl methyl sites for hydroxylation is 1. The zero-order valence-electron chi connectivity index (χ0n) is 12.4. The first-order valence-electron chi connectivity index (χ1n) is 7.07. The first-order valence-corrected chi connectivity index (χ1v) is 7.07. The second kappa shape index (κ2) is 5.76. The van der Waals surface area contributed by atoms with Crippen molar-refractivity contribution < 1.29 is 19.4 Å². The van der Waals surface area contributed by atoms with E-state index in [0.717, 1.165) is 18.4 Å². The highest BCUT2D eigenvalue weighted by molar-refractivity contribution is 5.86. The maximum Gasteiger partial charge on any atom is 0.358 e. The van der Waals surface area contributed by atoms with Gasteiger partial charge in [0, 0.05) is 6.61 Å². The molecule has 1 N–H and O–H groups in total. The molecule has 1 atom stereocenters. The number of carbonyl (C=O) groups is 1. The van der Waals surface area contributed by atoms with Gasteiger partial charge in [0.2, 0.25) is 0 Å². The fourth-order valence-corrected chi connectivity index (χ4v) is 2.67. The maximum atomic E-state index is 11.4. The Hall–Kier alpha value is -2.41. The Kier molecular flexibility index (Phi) is 3.81. The van der Waals surface area contributed by atoms with Crippen molar-refractivity contribution in [2.75, 3.05) is 13.7 Å². The molecule has 0 bridgehead atoms. The summed E-state index contributed by atoms with van der Waals surface area (Å²) in [5.41, 5.74) is 2.07. The van der Waals surface area contributed by atoms with E-state index in [1.807, 2.05) is 25.1 Å². The van der Waals surface area contributed by atoms with E-state index in [-0.39, 0.29) is 11.8 Å². The highest BCUT2D eigenvalue weighted by atomic mass is 16.5. The maximum absolute atomic E-state index is 11.4. The first kappa shape index (κ1) is 14.5. The molecule has 22 heavy (non-hydrogen) atoms. The van der Waals surface area contributed by atoms with Crippen LogP contribution in [0, 0.1) is 6.92 Å². The zero-order chi connectivity index (χ0) is 15.7. The molecule has 1 aliphatic rings. The SMILES string of the molecule is COc1ccc(C)cc1-n1nnc(C(=O)O)c1C1CCCO1. The molecule has 1 unspecified atom stereocenters. The molecule has 2 aromatic rings. The van der Waals surface area contributed by atoms with E-state index < -0.39 is 5.97 Å². The van der Waals surface area contributed by atoms with Gasteiger partial charge in [-0.15, -0.1) is 5.10 Å². The largest absolute Gasteiger partial charge is 0.494 e. The van der Waals surface area contributed by atoms with Gasteiger partial charge in [-0.25, -0.2) is 9.48 Å². The molecule has 2 heterocycles. The van der Waals surface area contributed by atoms with Gasteiger partial charge in [0.25, 0.3) is 0 Å². The van der Waals surface area contributed by atoms with E-state index in [0.29, 0.717) is 23.7 Å². The summed E-state index contributed by atoms with van der Waals surface area (Å²) in [5.74, 6) is -0.505. The van der Waals surface area contributed by atoms with Crippen molar-refractivity contribution >= 4 is 5.97 Å². The third-order valence-electron chi connectivity index (χ3n) is 3.70. The van der Waals surface area contributed by atoms with Crippen LogP contribution in [0.15, 0.2) is 18.2 Å². The van der Waals surface area contributed by atoms with Crippen LogP contribution in [0.4, 0.5) is 0 Å². The molecule has 1 saturated heterocycles. The number of methoxy groups -OCH3 is 1. The van der Waals surface area contributed by atoms with Crippen molar-refractivity contribution in [3.63, 3.8) is 0 Å². The predicted octanol–water partition coefficient (Wildman–Crippen LogP) is 2.13. The quantitative estimate of drug-likeness (QED) is 0.931. The van der Waals surface area contributed by atoms with Crippen LogP contribution in [-0.4, -0.2) is 39.8 Å². The fourth-order valence-electron chi connectivity index (χ4n) is 2.67. The molecular weight excluding hydrogens is 286 g/mol. The summed E-state index contributed by atoms with van der Waals surface area (Å²) in [6, 6.07) is 5.63. The number of aromatic nitrogens is 3. The highest BCUT2D eigenvalue weighted by Crippen LogP contribution is 2.34. The van der Waals surface area contributed by atoms with Crippen molar-refractivity contribution in [2.24, 2.45) is 0 Å². The smallest absolute Gasteiger partial charge is 0.358 e. The number of benzene rings is 1. The highest BCUT2D eigenvalue weighted by Gasteiger charge is 2.31. The lowest BCUT2D eigenvalue weighted by atomic mass is 10.1. The molecule has 0 radical (unpaired) electrons. The lowest BCUT2D eigenvalue weighted by Crippen LogP contribution is -2.12. The molecule has 7 heteroatoms. The number of hydrogen-bond acceptors (Lipinski definition) is 5. The van der Waals surface area contributed by atoms with Crippen molar-refractivity contribution in [1.82, 2.24) is 15.0 Å². The zero-order valence-corrected chi connectivity index (χ0v) is 12.4. The summed E-state index contributed by atoms with van der Waals surface area (Å²) >= 11 is 0. The van der Waals surface area contributed by atoms with Crippen LogP contribution in [0.2, 0.25) is 0 Å². The minimum atomic E-state index is -1.11. The molecule has 1 aliphatic heterocycles. The van der Waals surface area contributed by atoms with Gasteiger partial charge in [0.15, 0.2) is 5.69 Å².